The Kier molecular flexibility index (Phi) is 10.5. The minimum atomic E-state index is -0.805. The van der Waals surface area contributed by atoms with E-state index in [9.17, 15) is 9.90 Å². The molecule has 0 aliphatic rings. The van der Waals surface area contributed by atoms with Crippen molar-refractivity contribution >= 4 is 17.9 Å². The Hall–Kier alpha value is -1.40. The molecule has 1 aromatic rings. The van der Waals surface area contributed by atoms with E-state index in [1.54, 1.807) is 23.8 Å². The van der Waals surface area contributed by atoms with Crippen molar-refractivity contribution in [3.05, 3.63) is 29.8 Å². The second-order valence-corrected chi connectivity index (χ2v) is 11.4. The molecule has 0 aliphatic heterocycles. The van der Waals surface area contributed by atoms with Crippen LogP contribution in [0.15, 0.2) is 24.3 Å². The van der Waals surface area contributed by atoms with E-state index < -0.39 is 11.7 Å². The first kappa shape index (κ1) is 26.6. The number of benzene rings is 1. The molecule has 0 fully saturated rings. The minimum Gasteiger partial charge on any atom is -0.497 e. The third kappa shape index (κ3) is 9.61. The van der Waals surface area contributed by atoms with Gasteiger partial charge in [-0.3, -0.25) is 4.90 Å². The van der Waals surface area contributed by atoms with Crippen LogP contribution >= 0.6 is 11.8 Å². The van der Waals surface area contributed by atoms with Gasteiger partial charge in [0.05, 0.1) is 25.1 Å². The summed E-state index contributed by atoms with van der Waals surface area (Å²) in [4.78, 5) is 14.9. The highest BCUT2D eigenvalue weighted by Gasteiger charge is 2.34. The molecule has 0 aromatic heterocycles. The zero-order valence-electron chi connectivity index (χ0n) is 20.0. The van der Waals surface area contributed by atoms with Crippen LogP contribution in [0.2, 0.25) is 0 Å². The van der Waals surface area contributed by atoms with Gasteiger partial charge < -0.3 is 14.6 Å². The zero-order chi connectivity index (χ0) is 22.9. The van der Waals surface area contributed by atoms with Crippen LogP contribution in [-0.4, -0.2) is 45.5 Å². The molecule has 1 N–H and O–H groups in total. The second-order valence-electron chi connectivity index (χ2n) is 9.62. The Balaban J connectivity index is 3.21. The van der Waals surface area contributed by atoms with E-state index in [2.05, 4.69) is 27.7 Å². The standard InChI is InChI=1S/C24H41NO4S/c1-9-10-11-12-20(21(26)18-13-15-19(28-8)16-14-18)25(17-30-24(5,6)7)22(27)29-23(2,3)4/h13-16,20-21,26H,9-12,17H2,1-8H3/t20-,21+/m0/s1. The third-order valence-corrected chi connectivity index (χ3v) is 5.86. The van der Waals surface area contributed by atoms with Crippen LogP contribution in [0.3, 0.4) is 0 Å². The molecular weight excluding hydrogens is 398 g/mol. The zero-order valence-corrected chi connectivity index (χ0v) is 20.8. The number of hydrogen-bond donors (Lipinski definition) is 1. The van der Waals surface area contributed by atoms with E-state index in [4.69, 9.17) is 9.47 Å². The normalized spacial score (nSPS) is 14.2. The first-order valence-electron chi connectivity index (χ1n) is 10.8. The van der Waals surface area contributed by atoms with Gasteiger partial charge in [0, 0.05) is 4.75 Å². The summed E-state index contributed by atoms with van der Waals surface area (Å²) in [5, 5.41) is 11.3. The topological polar surface area (TPSA) is 59.0 Å². The lowest BCUT2D eigenvalue weighted by Gasteiger charge is -2.37. The number of aliphatic hydroxyl groups is 1. The van der Waals surface area contributed by atoms with Crippen LogP contribution in [0.5, 0.6) is 5.75 Å². The van der Waals surface area contributed by atoms with Crippen molar-refractivity contribution in [3.63, 3.8) is 0 Å². The predicted octanol–water partition coefficient (Wildman–Crippen LogP) is 6.40. The molecule has 0 spiro atoms. The minimum absolute atomic E-state index is 0.0146. The van der Waals surface area contributed by atoms with Gasteiger partial charge in [-0.05, 0) is 44.9 Å². The summed E-state index contributed by atoms with van der Waals surface area (Å²) < 4.78 is 10.9. The van der Waals surface area contributed by atoms with Gasteiger partial charge in [-0.1, -0.05) is 59.1 Å². The highest BCUT2D eigenvalue weighted by molar-refractivity contribution is 8.00. The Morgan fingerprint density at radius 3 is 2.17 bits per heavy atom. The van der Waals surface area contributed by atoms with Crippen molar-refractivity contribution < 1.29 is 19.4 Å². The number of rotatable bonds is 10. The van der Waals surface area contributed by atoms with Crippen molar-refractivity contribution in [1.82, 2.24) is 4.90 Å². The number of thioether (sulfide) groups is 1. The van der Waals surface area contributed by atoms with E-state index in [0.29, 0.717) is 12.3 Å². The smallest absolute Gasteiger partial charge is 0.411 e. The predicted molar refractivity (Wildman–Crippen MR) is 126 cm³/mol. The Labute approximate surface area is 187 Å². The molecule has 0 heterocycles. The van der Waals surface area contributed by atoms with Gasteiger partial charge in [-0.25, -0.2) is 4.79 Å². The molecule has 0 unspecified atom stereocenters. The fraction of sp³-hybridized carbons (Fsp3) is 0.708. The summed E-state index contributed by atoms with van der Waals surface area (Å²) >= 11 is 1.68. The SMILES string of the molecule is CCCCC[C@@H]([C@H](O)c1ccc(OC)cc1)N(CSC(C)(C)C)C(=O)OC(C)(C)C. The molecule has 5 nitrogen and oxygen atoms in total. The molecule has 1 aromatic carbocycles. The number of nitrogens with zero attached hydrogens (tertiary/aromatic N) is 1. The van der Waals surface area contributed by atoms with E-state index in [-0.39, 0.29) is 16.9 Å². The van der Waals surface area contributed by atoms with Gasteiger partial charge in [0.15, 0.2) is 0 Å². The lowest BCUT2D eigenvalue weighted by atomic mass is 9.96. The largest absolute Gasteiger partial charge is 0.497 e. The van der Waals surface area contributed by atoms with Crippen LogP contribution in [0, 0.1) is 0 Å². The summed E-state index contributed by atoms with van der Waals surface area (Å²) in [6.45, 7) is 14.1. The summed E-state index contributed by atoms with van der Waals surface area (Å²) in [5.74, 6) is 1.20. The number of aliphatic hydroxyl groups excluding tert-OH is 1. The maximum absolute atomic E-state index is 13.1. The van der Waals surface area contributed by atoms with Crippen LogP contribution < -0.4 is 4.74 Å². The molecule has 1 rings (SSSR count). The fourth-order valence-corrected chi connectivity index (χ4v) is 3.80. The molecular formula is C24H41NO4S. The quantitative estimate of drug-likeness (QED) is 0.337. The second kappa shape index (κ2) is 11.8. The van der Waals surface area contributed by atoms with Crippen molar-refractivity contribution in [1.29, 1.82) is 0 Å². The average Bonchev–Trinajstić information content (AvgIpc) is 2.64. The van der Waals surface area contributed by atoms with Crippen LogP contribution in [0.4, 0.5) is 4.79 Å². The van der Waals surface area contributed by atoms with Crippen molar-refractivity contribution in [3.8, 4) is 5.75 Å². The number of carbonyl (C=O) groups excluding carboxylic acids is 1. The molecule has 0 bridgehead atoms. The summed E-state index contributed by atoms with van der Waals surface area (Å²) in [6.07, 6.45) is 2.60. The van der Waals surface area contributed by atoms with Crippen LogP contribution in [0.25, 0.3) is 0 Å². The Morgan fingerprint density at radius 1 is 1.10 bits per heavy atom. The molecule has 172 valence electrons. The molecule has 0 radical (unpaired) electrons. The van der Waals surface area contributed by atoms with Crippen LogP contribution in [-0.2, 0) is 4.74 Å². The Bertz CT molecular complexity index is 634. The first-order valence-corrected chi connectivity index (χ1v) is 11.8. The maximum atomic E-state index is 13.1. The average molecular weight is 440 g/mol. The van der Waals surface area contributed by atoms with Gasteiger partial charge in [0.1, 0.15) is 11.4 Å². The van der Waals surface area contributed by atoms with Gasteiger partial charge >= 0.3 is 6.09 Å². The van der Waals surface area contributed by atoms with E-state index in [1.807, 2.05) is 45.0 Å². The number of carbonyl (C=O) groups is 1. The van der Waals surface area contributed by atoms with Crippen molar-refractivity contribution in [2.45, 2.75) is 96.6 Å². The summed E-state index contributed by atoms with van der Waals surface area (Å²) in [6, 6.07) is 7.03. The molecule has 0 saturated carbocycles. The molecule has 0 saturated heterocycles. The number of hydrogen-bond acceptors (Lipinski definition) is 5. The van der Waals surface area contributed by atoms with Gasteiger partial charge in [0.2, 0.25) is 0 Å². The monoisotopic (exact) mass is 439 g/mol. The number of amides is 1. The van der Waals surface area contributed by atoms with E-state index in [1.165, 1.54) is 0 Å². The van der Waals surface area contributed by atoms with Gasteiger partial charge in [0.25, 0.3) is 0 Å². The highest BCUT2D eigenvalue weighted by atomic mass is 32.2. The van der Waals surface area contributed by atoms with E-state index >= 15 is 0 Å². The van der Waals surface area contributed by atoms with Gasteiger partial charge in [-0.2, -0.15) is 0 Å². The highest BCUT2D eigenvalue weighted by Crippen LogP contribution is 2.32. The molecule has 1 amide bonds. The van der Waals surface area contributed by atoms with Crippen molar-refractivity contribution in [2.75, 3.05) is 13.0 Å². The number of unbranched alkanes of at least 4 members (excludes halogenated alkanes) is 2. The van der Waals surface area contributed by atoms with Crippen molar-refractivity contribution in [2.24, 2.45) is 0 Å². The lowest BCUT2D eigenvalue weighted by Crippen LogP contribution is -2.46. The first-order chi connectivity index (χ1) is 13.9. The third-order valence-electron chi connectivity index (χ3n) is 4.59. The lowest BCUT2D eigenvalue weighted by molar-refractivity contribution is -0.00271. The maximum Gasteiger partial charge on any atom is 0.411 e. The fourth-order valence-electron chi connectivity index (χ4n) is 2.98. The molecule has 6 heteroatoms. The van der Waals surface area contributed by atoms with Crippen LogP contribution in [0.1, 0.15) is 85.8 Å². The number of methoxy groups -OCH3 is 1. The van der Waals surface area contributed by atoms with E-state index in [0.717, 1.165) is 30.6 Å². The number of ether oxygens (including phenoxy) is 2. The molecule has 2 atom stereocenters. The summed E-state index contributed by atoms with van der Waals surface area (Å²) in [5.41, 5.74) is 0.174. The molecule has 0 aliphatic carbocycles. The molecule has 30 heavy (non-hydrogen) atoms. The summed E-state index contributed by atoms with van der Waals surface area (Å²) in [7, 11) is 1.62. The Morgan fingerprint density at radius 2 is 1.70 bits per heavy atom. The van der Waals surface area contributed by atoms with Gasteiger partial charge in [-0.15, -0.1) is 11.8 Å².